The zero-order valence-corrected chi connectivity index (χ0v) is 23.8. The Morgan fingerprint density at radius 1 is 0.571 bits per heavy atom. The van der Waals surface area contributed by atoms with Crippen LogP contribution in [0.25, 0.3) is 0 Å². The van der Waals surface area contributed by atoms with Gasteiger partial charge < -0.3 is 14.9 Å². The average Bonchev–Trinajstić information content (AvgIpc) is 2.84. The normalized spacial score (nSPS) is 11.3. The standard InChI is InChI=1S/C29H35N3.2CH3.Fe/c1-7-22-14-11-15-23(8-2)28(22)30-20(5)26-18-13-19-27(32-26)21(6)31-29-24(9-3)16-12-17-25(29)10-4;;;/h11-19H,7-10H2,1-6H3;2*1H3;/q;2*-1;. The molecule has 1 heterocycles. The first-order valence-electron chi connectivity index (χ1n) is 11.8. The van der Waals surface area contributed by atoms with Gasteiger partial charge in [-0.2, -0.15) is 0 Å². The monoisotopic (exact) mass is 511 g/mol. The summed E-state index contributed by atoms with van der Waals surface area (Å²) in [5, 5.41) is 0. The van der Waals surface area contributed by atoms with Gasteiger partial charge in [-0.1, -0.05) is 70.2 Å². The minimum absolute atomic E-state index is 0. The van der Waals surface area contributed by atoms with Crippen molar-refractivity contribution >= 4 is 22.8 Å². The van der Waals surface area contributed by atoms with E-state index in [0.29, 0.717) is 0 Å². The van der Waals surface area contributed by atoms with Gasteiger partial charge in [-0.25, -0.2) is 4.98 Å². The molecule has 0 unspecified atom stereocenters. The summed E-state index contributed by atoms with van der Waals surface area (Å²) in [4.78, 5) is 15.0. The van der Waals surface area contributed by atoms with Gasteiger partial charge >= 0.3 is 0 Å². The Balaban J connectivity index is 0.00000385. The number of aryl methyl sites for hydroxylation is 4. The summed E-state index contributed by atoms with van der Waals surface area (Å²) in [7, 11) is 0. The van der Waals surface area contributed by atoms with Gasteiger partial charge in [0.05, 0.1) is 34.2 Å². The van der Waals surface area contributed by atoms with Crippen LogP contribution in [0.15, 0.2) is 64.6 Å². The number of hydrogen-bond acceptors (Lipinski definition) is 3. The summed E-state index contributed by atoms with van der Waals surface area (Å²) in [5.74, 6) is 0. The molecule has 0 aliphatic rings. The van der Waals surface area contributed by atoms with Gasteiger partial charge in [0.2, 0.25) is 0 Å². The molecule has 0 saturated carbocycles. The number of para-hydroxylation sites is 2. The fourth-order valence-corrected chi connectivity index (χ4v) is 4.01. The second-order valence-electron chi connectivity index (χ2n) is 8.07. The van der Waals surface area contributed by atoms with E-state index in [2.05, 4.69) is 70.2 Å². The summed E-state index contributed by atoms with van der Waals surface area (Å²) < 4.78 is 0. The number of benzene rings is 2. The maximum atomic E-state index is 5.02. The molecule has 1 aromatic heterocycles. The molecule has 190 valence electrons. The van der Waals surface area contributed by atoms with E-state index in [1.807, 2.05) is 26.0 Å². The third kappa shape index (κ3) is 7.72. The van der Waals surface area contributed by atoms with E-state index < -0.39 is 0 Å². The maximum absolute atomic E-state index is 5.02. The predicted octanol–water partition coefficient (Wildman–Crippen LogP) is 8.51. The van der Waals surface area contributed by atoms with Crippen molar-refractivity contribution in [2.75, 3.05) is 0 Å². The largest absolute Gasteiger partial charge is 0.358 e. The number of aliphatic imine (C=N–C) groups is 2. The van der Waals surface area contributed by atoms with E-state index in [1.165, 1.54) is 22.3 Å². The van der Waals surface area contributed by atoms with Crippen molar-refractivity contribution in [3.05, 3.63) is 103 Å². The van der Waals surface area contributed by atoms with Crippen LogP contribution in [0, 0.1) is 14.9 Å². The van der Waals surface area contributed by atoms with Gasteiger partial charge in [0.15, 0.2) is 0 Å². The van der Waals surface area contributed by atoms with Crippen LogP contribution in [0.5, 0.6) is 0 Å². The quantitative estimate of drug-likeness (QED) is 0.170. The first-order valence-corrected chi connectivity index (χ1v) is 11.8. The summed E-state index contributed by atoms with van der Waals surface area (Å²) in [6, 6.07) is 19.1. The zero-order chi connectivity index (χ0) is 23.1. The Kier molecular flexibility index (Phi) is 14.3. The van der Waals surface area contributed by atoms with E-state index in [4.69, 9.17) is 15.0 Å². The third-order valence-electron chi connectivity index (χ3n) is 5.98. The number of rotatable bonds is 8. The van der Waals surface area contributed by atoms with Crippen molar-refractivity contribution in [1.29, 1.82) is 0 Å². The van der Waals surface area contributed by atoms with Crippen molar-refractivity contribution in [2.45, 2.75) is 67.2 Å². The van der Waals surface area contributed by atoms with Crippen LogP contribution in [0.3, 0.4) is 0 Å². The number of nitrogens with zero attached hydrogens (tertiary/aromatic N) is 3. The number of aromatic nitrogens is 1. The zero-order valence-electron chi connectivity index (χ0n) is 22.7. The summed E-state index contributed by atoms with van der Waals surface area (Å²) in [5.41, 5.74) is 10.9. The van der Waals surface area contributed by atoms with Gasteiger partial charge in [0.25, 0.3) is 0 Å². The summed E-state index contributed by atoms with van der Waals surface area (Å²) >= 11 is 0. The molecule has 0 aliphatic carbocycles. The van der Waals surface area contributed by atoms with Crippen molar-refractivity contribution in [3.8, 4) is 0 Å². The Hall–Kier alpha value is -2.55. The predicted molar refractivity (Wildman–Crippen MR) is 151 cm³/mol. The van der Waals surface area contributed by atoms with Gasteiger partial charge in [0, 0.05) is 17.1 Å². The molecule has 0 bridgehead atoms. The molecule has 0 fully saturated rings. The second kappa shape index (κ2) is 15.4. The van der Waals surface area contributed by atoms with Crippen LogP contribution in [-0.4, -0.2) is 16.4 Å². The number of pyridine rings is 1. The molecule has 0 amide bonds. The van der Waals surface area contributed by atoms with E-state index in [1.54, 1.807) is 0 Å². The van der Waals surface area contributed by atoms with Crippen LogP contribution < -0.4 is 0 Å². The SMILES string of the molecule is CCc1cccc(CC)c1N=C(C)c1cccc(C(C)=Nc2c(CC)cccc2CC)n1.[CH3-].[CH3-].[Fe]. The third-order valence-corrected chi connectivity index (χ3v) is 5.98. The molecule has 0 saturated heterocycles. The van der Waals surface area contributed by atoms with Gasteiger partial charge in [-0.15, -0.1) is 0 Å². The van der Waals surface area contributed by atoms with Crippen molar-refractivity contribution in [2.24, 2.45) is 9.98 Å². The maximum Gasteiger partial charge on any atom is 0.0849 e. The van der Waals surface area contributed by atoms with Crippen LogP contribution in [0.4, 0.5) is 11.4 Å². The van der Waals surface area contributed by atoms with E-state index >= 15 is 0 Å². The Morgan fingerprint density at radius 3 is 1.14 bits per heavy atom. The Bertz CT molecular complexity index is 1010. The number of hydrogen-bond donors (Lipinski definition) is 0. The fourth-order valence-electron chi connectivity index (χ4n) is 4.01. The summed E-state index contributed by atoms with van der Waals surface area (Å²) in [6.45, 7) is 12.8. The van der Waals surface area contributed by atoms with E-state index in [-0.39, 0.29) is 31.9 Å². The molecule has 4 heteroatoms. The first kappa shape index (κ1) is 32.4. The molecular weight excluding hydrogens is 470 g/mol. The average molecular weight is 512 g/mol. The molecule has 2 aromatic carbocycles. The molecule has 0 aliphatic heterocycles. The molecule has 0 N–H and O–H groups in total. The summed E-state index contributed by atoms with van der Waals surface area (Å²) in [6.07, 6.45) is 3.87. The first-order chi connectivity index (χ1) is 15.5. The van der Waals surface area contributed by atoms with Gasteiger partial charge in [-0.05, 0) is 73.9 Å². The molecule has 0 atom stereocenters. The molecular formula is C31H41FeN3-2. The Labute approximate surface area is 224 Å². The smallest absolute Gasteiger partial charge is 0.0849 e. The van der Waals surface area contributed by atoms with Gasteiger partial charge in [-0.3, -0.25) is 9.98 Å². The molecule has 3 aromatic rings. The topological polar surface area (TPSA) is 37.6 Å². The van der Waals surface area contributed by atoms with Crippen LogP contribution >= 0.6 is 0 Å². The molecule has 3 nitrogen and oxygen atoms in total. The molecule has 0 spiro atoms. The second-order valence-corrected chi connectivity index (χ2v) is 8.07. The molecule has 3 rings (SSSR count). The van der Waals surface area contributed by atoms with Gasteiger partial charge in [0.1, 0.15) is 0 Å². The van der Waals surface area contributed by atoms with Crippen molar-refractivity contribution in [3.63, 3.8) is 0 Å². The van der Waals surface area contributed by atoms with Crippen molar-refractivity contribution in [1.82, 2.24) is 4.98 Å². The minimum atomic E-state index is 0. The van der Waals surface area contributed by atoms with Crippen LogP contribution in [0.1, 0.15) is 75.2 Å². The molecule has 35 heavy (non-hydrogen) atoms. The fraction of sp³-hybridized carbons (Fsp3) is 0.323. The van der Waals surface area contributed by atoms with Crippen molar-refractivity contribution < 1.29 is 17.1 Å². The van der Waals surface area contributed by atoms with E-state index in [0.717, 1.165) is 59.9 Å². The minimum Gasteiger partial charge on any atom is -0.358 e. The molecule has 0 radical (unpaired) electrons. The Morgan fingerprint density at radius 2 is 0.857 bits per heavy atom. The van der Waals surface area contributed by atoms with Crippen LogP contribution in [0.2, 0.25) is 0 Å². The van der Waals surface area contributed by atoms with E-state index in [9.17, 15) is 0 Å². The van der Waals surface area contributed by atoms with Crippen LogP contribution in [-0.2, 0) is 42.8 Å².